The van der Waals surface area contributed by atoms with E-state index in [1.807, 2.05) is 4.90 Å². The Labute approximate surface area is 109 Å². The number of hydrogen-bond donors (Lipinski definition) is 0. The average molecular weight is 299 g/mol. The van der Waals surface area contributed by atoms with Crippen LogP contribution in [0.1, 0.15) is 23.2 Å². The molecule has 0 bridgehead atoms. The van der Waals surface area contributed by atoms with Crippen molar-refractivity contribution in [2.24, 2.45) is 0 Å². The summed E-state index contributed by atoms with van der Waals surface area (Å²) in [7, 11) is 1.53. The molecule has 1 aliphatic heterocycles. The normalized spacial score (nSPS) is 19.4. The van der Waals surface area contributed by atoms with Gasteiger partial charge >= 0.3 is 0 Å². The van der Waals surface area contributed by atoms with Crippen molar-refractivity contribution in [3.05, 3.63) is 23.9 Å². The summed E-state index contributed by atoms with van der Waals surface area (Å²) in [6.07, 6.45) is 3.74. The van der Waals surface area contributed by atoms with Crippen LogP contribution in [0.5, 0.6) is 5.88 Å². The maximum Gasteiger partial charge on any atom is 0.259 e. The van der Waals surface area contributed by atoms with Gasteiger partial charge in [-0.15, -0.1) is 0 Å². The number of hydrogen-bond acceptors (Lipinski definition) is 3. The van der Waals surface area contributed by atoms with Gasteiger partial charge in [0.15, 0.2) is 0 Å². The fourth-order valence-electron chi connectivity index (χ4n) is 2.13. The highest BCUT2D eigenvalue weighted by Gasteiger charge is 2.30. The largest absolute Gasteiger partial charge is 0.480 e. The number of rotatable bonds is 3. The molecule has 1 unspecified atom stereocenters. The highest BCUT2D eigenvalue weighted by atomic mass is 79.9. The molecule has 1 aliphatic rings. The van der Waals surface area contributed by atoms with E-state index in [0.717, 1.165) is 24.7 Å². The Bertz CT molecular complexity index is 411. The lowest BCUT2D eigenvalue weighted by atomic mass is 10.2. The van der Waals surface area contributed by atoms with Gasteiger partial charge in [0.05, 0.1) is 7.11 Å². The molecule has 1 atom stereocenters. The van der Waals surface area contributed by atoms with Crippen molar-refractivity contribution in [3.8, 4) is 5.88 Å². The van der Waals surface area contributed by atoms with Crippen LogP contribution >= 0.6 is 15.9 Å². The van der Waals surface area contributed by atoms with E-state index in [1.165, 1.54) is 7.11 Å². The predicted molar refractivity (Wildman–Crippen MR) is 68.6 cm³/mol. The fraction of sp³-hybridized carbons (Fsp3) is 0.500. The molecule has 1 aromatic rings. The molecule has 1 saturated heterocycles. The van der Waals surface area contributed by atoms with Crippen LogP contribution in [0.2, 0.25) is 0 Å². The number of nitrogens with zero attached hydrogens (tertiary/aromatic N) is 2. The summed E-state index contributed by atoms with van der Waals surface area (Å²) in [5.41, 5.74) is 0.544. The van der Waals surface area contributed by atoms with Gasteiger partial charge in [-0.25, -0.2) is 4.98 Å². The van der Waals surface area contributed by atoms with Crippen LogP contribution in [-0.4, -0.2) is 40.8 Å². The Hall–Kier alpha value is -1.10. The van der Waals surface area contributed by atoms with Crippen molar-refractivity contribution in [2.75, 3.05) is 19.0 Å². The molecule has 1 aromatic heterocycles. The van der Waals surface area contributed by atoms with Gasteiger partial charge in [-0.3, -0.25) is 4.79 Å². The second-order valence-electron chi connectivity index (χ2n) is 4.01. The molecule has 4 nitrogen and oxygen atoms in total. The van der Waals surface area contributed by atoms with E-state index in [4.69, 9.17) is 4.74 Å². The number of carbonyl (C=O) groups is 1. The van der Waals surface area contributed by atoms with Crippen molar-refractivity contribution in [1.82, 2.24) is 9.88 Å². The lowest BCUT2D eigenvalue weighted by Crippen LogP contribution is -2.36. The monoisotopic (exact) mass is 298 g/mol. The Morgan fingerprint density at radius 3 is 3.24 bits per heavy atom. The maximum atomic E-state index is 12.4. The van der Waals surface area contributed by atoms with Gasteiger partial charge in [-0.2, -0.15) is 0 Å². The number of carbonyl (C=O) groups excluding carboxylic acids is 1. The van der Waals surface area contributed by atoms with Crippen molar-refractivity contribution in [2.45, 2.75) is 18.9 Å². The highest BCUT2D eigenvalue weighted by molar-refractivity contribution is 9.09. The van der Waals surface area contributed by atoms with E-state index < -0.39 is 0 Å². The van der Waals surface area contributed by atoms with Crippen LogP contribution in [0.15, 0.2) is 18.3 Å². The van der Waals surface area contributed by atoms with Gasteiger partial charge in [0.2, 0.25) is 5.88 Å². The number of ether oxygens (including phenoxy) is 1. The van der Waals surface area contributed by atoms with Crippen LogP contribution in [0, 0.1) is 0 Å². The lowest BCUT2D eigenvalue weighted by molar-refractivity contribution is 0.0746. The van der Waals surface area contributed by atoms with Gasteiger partial charge in [0, 0.05) is 24.1 Å². The number of alkyl halides is 1. The SMILES string of the molecule is COc1ncccc1C(=O)N1CCCC1CBr. The zero-order valence-electron chi connectivity index (χ0n) is 9.73. The average Bonchev–Trinajstić information content (AvgIpc) is 2.86. The Balaban J connectivity index is 2.24. The van der Waals surface area contributed by atoms with Crippen LogP contribution in [0.4, 0.5) is 0 Å². The van der Waals surface area contributed by atoms with E-state index in [-0.39, 0.29) is 11.9 Å². The summed E-state index contributed by atoms with van der Waals surface area (Å²) in [6, 6.07) is 3.81. The lowest BCUT2D eigenvalue weighted by Gasteiger charge is -2.23. The highest BCUT2D eigenvalue weighted by Crippen LogP contribution is 2.24. The van der Waals surface area contributed by atoms with Crippen LogP contribution < -0.4 is 4.74 Å². The molecule has 0 aliphatic carbocycles. The maximum absolute atomic E-state index is 12.4. The van der Waals surface area contributed by atoms with Crippen LogP contribution in [-0.2, 0) is 0 Å². The number of aromatic nitrogens is 1. The van der Waals surface area contributed by atoms with E-state index in [0.29, 0.717) is 11.4 Å². The molecule has 92 valence electrons. The van der Waals surface area contributed by atoms with Gasteiger partial charge in [-0.1, -0.05) is 15.9 Å². The first kappa shape index (κ1) is 12.4. The van der Waals surface area contributed by atoms with E-state index in [1.54, 1.807) is 18.3 Å². The molecule has 0 spiro atoms. The summed E-state index contributed by atoms with van der Waals surface area (Å²) in [5.74, 6) is 0.412. The topological polar surface area (TPSA) is 42.4 Å². The van der Waals surface area contributed by atoms with Crippen molar-refractivity contribution in [1.29, 1.82) is 0 Å². The van der Waals surface area contributed by atoms with Crippen molar-refractivity contribution >= 4 is 21.8 Å². The third-order valence-corrected chi connectivity index (χ3v) is 3.76. The smallest absolute Gasteiger partial charge is 0.259 e. The molecule has 1 amide bonds. The quantitative estimate of drug-likeness (QED) is 0.803. The van der Waals surface area contributed by atoms with Gasteiger partial charge in [0.1, 0.15) is 5.56 Å². The van der Waals surface area contributed by atoms with E-state index in [9.17, 15) is 4.79 Å². The molecule has 0 N–H and O–H groups in total. The third-order valence-electron chi connectivity index (χ3n) is 3.01. The van der Waals surface area contributed by atoms with Gasteiger partial charge < -0.3 is 9.64 Å². The van der Waals surface area contributed by atoms with Crippen molar-refractivity contribution < 1.29 is 9.53 Å². The number of likely N-dealkylation sites (tertiary alicyclic amines) is 1. The number of halogens is 1. The van der Waals surface area contributed by atoms with Crippen LogP contribution in [0.25, 0.3) is 0 Å². The number of pyridine rings is 1. The first-order valence-corrected chi connectivity index (χ1v) is 6.76. The summed E-state index contributed by atoms with van der Waals surface area (Å²) in [6.45, 7) is 0.813. The molecule has 0 saturated carbocycles. The summed E-state index contributed by atoms with van der Waals surface area (Å²) < 4.78 is 5.12. The molecule has 0 aromatic carbocycles. The Morgan fingerprint density at radius 2 is 2.53 bits per heavy atom. The van der Waals surface area contributed by atoms with E-state index in [2.05, 4.69) is 20.9 Å². The molecular formula is C12H15BrN2O2. The molecule has 1 fully saturated rings. The van der Waals surface area contributed by atoms with Crippen molar-refractivity contribution in [3.63, 3.8) is 0 Å². The minimum Gasteiger partial charge on any atom is -0.480 e. The summed E-state index contributed by atoms with van der Waals surface area (Å²) in [4.78, 5) is 18.3. The summed E-state index contributed by atoms with van der Waals surface area (Å²) >= 11 is 3.45. The van der Waals surface area contributed by atoms with Crippen LogP contribution in [0.3, 0.4) is 0 Å². The Morgan fingerprint density at radius 1 is 1.71 bits per heavy atom. The molecule has 5 heteroatoms. The Kier molecular flexibility index (Phi) is 3.99. The molecule has 0 radical (unpaired) electrons. The van der Waals surface area contributed by atoms with Gasteiger partial charge in [0.25, 0.3) is 5.91 Å². The molecule has 2 rings (SSSR count). The third kappa shape index (κ3) is 2.44. The van der Waals surface area contributed by atoms with Gasteiger partial charge in [-0.05, 0) is 25.0 Å². The second-order valence-corrected chi connectivity index (χ2v) is 4.66. The zero-order chi connectivity index (χ0) is 12.3. The second kappa shape index (κ2) is 5.49. The molecule has 17 heavy (non-hydrogen) atoms. The standard InChI is InChI=1S/C12H15BrN2O2/c1-17-11-10(5-2-6-14-11)12(16)15-7-3-4-9(15)8-13/h2,5-6,9H,3-4,7-8H2,1H3. The summed E-state index contributed by atoms with van der Waals surface area (Å²) in [5, 5.41) is 0.821. The predicted octanol–water partition coefficient (Wildman–Crippen LogP) is 2.09. The number of amides is 1. The number of methoxy groups -OCH3 is 1. The zero-order valence-corrected chi connectivity index (χ0v) is 11.3. The fourth-order valence-corrected chi connectivity index (χ4v) is 2.81. The minimum absolute atomic E-state index is 0.0110. The molecular weight excluding hydrogens is 284 g/mol. The minimum atomic E-state index is 0.0110. The molecule has 2 heterocycles. The van der Waals surface area contributed by atoms with E-state index >= 15 is 0 Å². The first-order valence-electron chi connectivity index (χ1n) is 5.64. The first-order chi connectivity index (χ1) is 8.27.